The van der Waals surface area contributed by atoms with Gasteiger partial charge in [0, 0.05) is 11.4 Å². The third-order valence-corrected chi connectivity index (χ3v) is 4.00. The van der Waals surface area contributed by atoms with Crippen molar-refractivity contribution < 1.29 is 9.53 Å². The first-order valence-electron chi connectivity index (χ1n) is 6.46. The monoisotopic (exact) mass is 268 g/mol. The molecule has 1 aliphatic heterocycles. The maximum atomic E-state index is 12.1. The van der Waals surface area contributed by atoms with Crippen LogP contribution in [0.25, 0.3) is 0 Å². The van der Waals surface area contributed by atoms with Crippen molar-refractivity contribution in [2.75, 3.05) is 19.8 Å². The molecule has 2 atom stereocenters. The molecule has 100 valence electrons. The lowest BCUT2D eigenvalue weighted by Crippen LogP contribution is -2.51. The van der Waals surface area contributed by atoms with E-state index in [0.29, 0.717) is 13.2 Å². The third-order valence-electron chi connectivity index (χ3n) is 3.02. The summed E-state index contributed by atoms with van der Waals surface area (Å²) < 4.78 is 5.31. The van der Waals surface area contributed by atoms with Gasteiger partial charge < -0.3 is 15.4 Å². The highest BCUT2D eigenvalue weighted by atomic mass is 32.1. The lowest BCUT2D eigenvalue weighted by molar-refractivity contribution is -0.126. The van der Waals surface area contributed by atoms with E-state index in [0.717, 1.165) is 19.4 Å². The van der Waals surface area contributed by atoms with E-state index in [1.807, 2.05) is 11.4 Å². The number of carbonyl (C=O) groups is 1. The maximum Gasteiger partial charge on any atom is 0.240 e. The third kappa shape index (κ3) is 3.54. The van der Waals surface area contributed by atoms with E-state index in [4.69, 9.17) is 4.74 Å². The summed E-state index contributed by atoms with van der Waals surface area (Å²) in [6.07, 6.45) is 2.03. The Balaban J connectivity index is 1.93. The normalized spacial score (nSPS) is 21.5. The molecule has 0 saturated carbocycles. The van der Waals surface area contributed by atoms with Crippen molar-refractivity contribution in [1.29, 1.82) is 0 Å². The van der Waals surface area contributed by atoms with Gasteiger partial charge in [-0.05, 0) is 17.9 Å². The molecule has 0 spiro atoms. The zero-order chi connectivity index (χ0) is 12.8. The van der Waals surface area contributed by atoms with Crippen molar-refractivity contribution in [2.24, 2.45) is 0 Å². The number of rotatable bonds is 5. The van der Waals surface area contributed by atoms with Crippen LogP contribution in [-0.2, 0) is 9.53 Å². The van der Waals surface area contributed by atoms with Gasteiger partial charge >= 0.3 is 0 Å². The molecule has 0 aromatic carbocycles. The summed E-state index contributed by atoms with van der Waals surface area (Å²) in [6.45, 7) is 4.03. The lowest BCUT2D eigenvalue weighted by atomic mass is 10.1. The van der Waals surface area contributed by atoms with Gasteiger partial charge in [-0.3, -0.25) is 4.79 Å². The van der Waals surface area contributed by atoms with Gasteiger partial charge in [0.05, 0.1) is 19.3 Å². The standard InChI is InChI=1S/C13H20N2O2S/c1-2-4-10(12-5-3-8-18-12)15-13(16)11-9-17-7-6-14-11/h3,5,8,10-11,14H,2,4,6-7,9H2,1H3,(H,15,16). The van der Waals surface area contributed by atoms with Crippen LogP contribution in [0.3, 0.4) is 0 Å². The van der Waals surface area contributed by atoms with Gasteiger partial charge in [-0.25, -0.2) is 0 Å². The fourth-order valence-corrected chi connectivity index (χ4v) is 2.88. The molecule has 0 aliphatic carbocycles. The number of morpholine rings is 1. The molecule has 0 bridgehead atoms. The Morgan fingerprint density at radius 1 is 1.72 bits per heavy atom. The van der Waals surface area contributed by atoms with Crippen molar-refractivity contribution in [3.63, 3.8) is 0 Å². The largest absolute Gasteiger partial charge is 0.378 e. The molecule has 1 aliphatic rings. The molecule has 2 heterocycles. The van der Waals surface area contributed by atoms with Crippen molar-refractivity contribution in [1.82, 2.24) is 10.6 Å². The van der Waals surface area contributed by atoms with E-state index in [9.17, 15) is 4.79 Å². The Kier molecular flexibility index (Phi) is 5.16. The van der Waals surface area contributed by atoms with Gasteiger partial charge in [0.25, 0.3) is 0 Å². The van der Waals surface area contributed by atoms with Crippen LogP contribution in [0.2, 0.25) is 0 Å². The maximum absolute atomic E-state index is 12.1. The smallest absolute Gasteiger partial charge is 0.240 e. The summed E-state index contributed by atoms with van der Waals surface area (Å²) in [5.74, 6) is 0.0431. The molecule has 2 rings (SSSR count). The summed E-state index contributed by atoms with van der Waals surface area (Å²) >= 11 is 1.69. The van der Waals surface area contributed by atoms with Crippen LogP contribution in [-0.4, -0.2) is 31.7 Å². The molecule has 2 N–H and O–H groups in total. The Morgan fingerprint density at radius 3 is 3.22 bits per heavy atom. The van der Waals surface area contributed by atoms with Crippen LogP contribution in [0.4, 0.5) is 0 Å². The van der Waals surface area contributed by atoms with Crippen molar-refractivity contribution in [2.45, 2.75) is 31.8 Å². The number of amides is 1. The predicted molar refractivity (Wildman–Crippen MR) is 72.7 cm³/mol. The summed E-state index contributed by atoms with van der Waals surface area (Å²) in [5.41, 5.74) is 0. The van der Waals surface area contributed by atoms with Crippen LogP contribution < -0.4 is 10.6 Å². The second kappa shape index (κ2) is 6.87. The Morgan fingerprint density at radius 2 is 2.61 bits per heavy atom. The highest BCUT2D eigenvalue weighted by Gasteiger charge is 2.24. The predicted octanol–water partition coefficient (Wildman–Crippen LogP) is 1.69. The lowest BCUT2D eigenvalue weighted by Gasteiger charge is -2.25. The van der Waals surface area contributed by atoms with Gasteiger partial charge in [0.1, 0.15) is 6.04 Å². The van der Waals surface area contributed by atoms with E-state index in [1.54, 1.807) is 11.3 Å². The molecule has 0 radical (unpaired) electrons. The van der Waals surface area contributed by atoms with Gasteiger partial charge in [0.2, 0.25) is 5.91 Å². The van der Waals surface area contributed by atoms with Crippen LogP contribution in [0.15, 0.2) is 17.5 Å². The minimum Gasteiger partial charge on any atom is -0.378 e. The highest BCUT2D eigenvalue weighted by Crippen LogP contribution is 2.23. The number of thiophene rings is 1. The zero-order valence-electron chi connectivity index (χ0n) is 10.6. The zero-order valence-corrected chi connectivity index (χ0v) is 11.5. The van der Waals surface area contributed by atoms with Gasteiger partial charge in [0.15, 0.2) is 0 Å². The molecule has 18 heavy (non-hydrogen) atoms. The fourth-order valence-electron chi connectivity index (χ4n) is 2.07. The van der Waals surface area contributed by atoms with E-state index >= 15 is 0 Å². The number of hydrogen-bond acceptors (Lipinski definition) is 4. The Bertz CT molecular complexity index is 361. The highest BCUT2D eigenvalue weighted by molar-refractivity contribution is 7.10. The first-order chi connectivity index (χ1) is 8.81. The summed E-state index contributed by atoms with van der Waals surface area (Å²) in [7, 11) is 0. The molecule has 1 aromatic heterocycles. The van der Waals surface area contributed by atoms with Gasteiger partial charge in [-0.1, -0.05) is 19.4 Å². The minimum absolute atomic E-state index is 0.0431. The SMILES string of the molecule is CCCC(NC(=O)C1COCCN1)c1cccs1. The van der Waals surface area contributed by atoms with Crippen molar-refractivity contribution in [3.8, 4) is 0 Å². The number of hydrogen-bond donors (Lipinski definition) is 2. The Labute approximate surface area is 112 Å². The molecular formula is C13H20N2O2S. The second-order valence-electron chi connectivity index (χ2n) is 4.45. The molecule has 1 saturated heterocycles. The average Bonchev–Trinajstić information content (AvgIpc) is 2.93. The van der Waals surface area contributed by atoms with Crippen molar-refractivity contribution in [3.05, 3.63) is 22.4 Å². The molecule has 1 fully saturated rings. The molecule has 2 unspecified atom stereocenters. The molecule has 1 aromatic rings. The van der Waals surface area contributed by atoms with Crippen molar-refractivity contribution >= 4 is 17.2 Å². The quantitative estimate of drug-likeness (QED) is 0.854. The topological polar surface area (TPSA) is 50.4 Å². The van der Waals surface area contributed by atoms with Crippen LogP contribution in [0.1, 0.15) is 30.7 Å². The average molecular weight is 268 g/mol. The van der Waals surface area contributed by atoms with Gasteiger partial charge in [-0.2, -0.15) is 0 Å². The van der Waals surface area contributed by atoms with Gasteiger partial charge in [-0.15, -0.1) is 11.3 Å². The first kappa shape index (κ1) is 13.5. The number of nitrogens with one attached hydrogen (secondary N) is 2. The summed E-state index contributed by atoms with van der Waals surface area (Å²) in [5, 5.41) is 8.34. The molecule has 1 amide bonds. The van der Waals surface area contributed by atoms with Crippen LogP contribution >= 0.6 is 11.3 Å². The van der Waals surface area contributed by atoms with E-state index < -0.39 is 0 Å². The van der Waals surface area contributed by atoms with Crippen LogP contribution in [0.5, 0.6) is 0 Å². The minimum atomic E-state index is -0.210. The first-order valence-corrected chi connectivity index (χ1v) is 7.34. The summed E-state index contributed by atoms with van der Waals surface area (Å²) in [6, 6.07) is 4.02. The number of ether oxygens (including phenoxy) is 1. The molecule has 4 nitrogen and oxygen atoms in total. The van der Waals surface area contributed by atoms with E-state index in [-0.39, 0.29) is 18.0 Å². The fraction of sp³-hybridized carbons (Fsp3) is 0.615. The van der Waals surface area contributed by atoms with Crippen LogP contribution in [0, 0.1) is 0 Å². The van der Waals surface area contributed by atoms with E-state index in [2.05, 4.69) is 23.6 Å². The van der Waals surface area contributed by atoms with E-state index in [1.165, 1.54) is 4.88 Å². The molecular weight excluding hydrogens is 248 g/mol. The number of carbonyl (C=O) groups excluding carboxylic acids is 1. The Hall–Kier alpha value is -0.910. The summed E-state index contributed by atoms with van der Waals surface area (Å²) in [4.78, 5) is 13.4. The molecule has 5 heteroatoms. The second-order valence-corrected chi connectivity index (χ2v) is 5.43.